The fraction of sp³-hybridized carbons (Fsp3) is 0.300. The van der Waals surface area contributed by atoms with Gasteiger partial charge < -0.3 is 0 Å². The number of halogens is 1. The Morgan fingerprint density at radius 1 is 1.33 bits per heavy atom. The van der Waals surface area contributed by atoms with Gasteiger partial charge in [0.15, 0.2) is 3.92 Å². The average Bonchev–Trinajstić information content (AvgIpc) is 2.65. The van der Waals surface area contributed by atoms with E-state index in [0.29, 0.717) is 0 Å². The van der Waals surface area contributed by atoms with Gasteiger partial charge in [0.25, 0.3) is 0 Å². The Morgan fingerprint density at radius 2 is 2.20 bits per heavy atom. The molecule has 2 rings (SSSR count). The van der Waals surface area contributed by atoms with Gasteiger partial charge in [0, 0.05) is 18.3 Å². The third-order valence-corrected chi connectivity index (χ3v) is 3.42. The van der Waals surface area contributed by atoms with Crippen LogP contribution in [0.3, 0.4) is 0 Å². The van der Waals surface area contributed by atoms with E-state index in [1.807, 2.05) is 12.3 Å². The van der Waals surface area contributed by atoms with E-state index in [1.54, 1.807) is 11.3 Å². The molecule has 15 heavy (non-hydrogen) atoms. The number of pyridine rings is 1. The third kappa shape index (κ3) is 2.82. The van der Waals surface area contributed by atoms with E-state index in [-0.39, 0.29) is 0 Å². The molecular weight excluding hydrogens is 274 g/mol. The predicted molar refractivity (Wildman–Crippen MR) is 64.0 cm³/mol. The van der Waals surface area contributed by atoms with E-state index < -0.39 is 0 Å². The molecule has 0 unspecified atom stereocenters. The van der Waals surface area contributed by atoms with Gasteiger partial charge in [-0.05, 0) is 34.0 Å². The smallest absolute Gasteiger partial charge is 0.183 e. The normalized spacial score (nSPS) is 10.5. The molecule has 0 aliphatic carbocycles. The summed E-state index contributed by atoms with van der Waals surface area (Å²) < 4.78 is 0.822. The molecule has 0 fully saturated rings. The minimum absolute atomic E-state index is 0.757. The van der Waals surface area contributed by atoms with Gasteiger partial charge in [-0.15, -0.1) is 10.2 Å². The molecule has 0 saturated heterocycles. The molecule has 2 aromatic rings. The molecule has 2 heterocycles. The molecule has 0 spiro atoms. The molecule has 2 aromatic heterocycles. The maximum absolute atomic E-state index is 4.38. The van der Waals surface area contributed by atoms with Gasteiger partial charge in [-0.2, -0.15) is 0 Å². The largest absolute Gasteiger partial charge is 0.261 e. The quantitative estimate of drug-likeness (QED) is 0.870. The van der Waals surface area contributed by atoms with Gasteiger partial charge in [0.2, 0.25) is 0 Å². The minimum atomic E-state index is 0.757. The fourth-order valence-electron chi connectivity index (χ4n) is 1.23. The van der Waals surface area contributed by atoms with Crippen LogP contribution < -0.4 is 0 Å². The highest BCUT2D eigenvalue weighted by molar-refractivity contribution is 9.11. The van der Waals surface area contributed by atoms with E-state index in [4.69, 9.17) is 0 Å². The van der Waals surface area contributed by atoms with Crippen molar-refractivity contribution in [2.24, 2.45) is 0 Å². The highest BCUT2D eigenvalue weighted by Crippen LogP contribution is 2.18. The minimum Gasteiger partial charge on any atom is -0.261 e. The van der Waals surface area contributed by atoms with Gasteiger partial charge in [0.05, 0.1) is 0 Å². The highest BCUT2D eigenvalue weighted by Gasteiger charge is 2.03. The van der Waals surface area contributed by atoms with Crippen LogP contribution in [-0.2, 0) is 12.8 Å². The Balaban J connectivity index is 2.11. The van der Waals surface area contributed by atoms with Crippen LogP contribution in [0.25, 0.3) is 0 Å². The molecule has 0 aliphatic rings. The summed E-state index contributed by atoms with van der Waals surface area (Å²) in [7, 11) is 0. The molecule has 0 radical (unpaired) electrons. The predicted octanol–water partition coefficient (Wildman–Crippen LogP) is 2.85. The van der Waals surface area contributed by atoms with E-state index in [0.717, 1.165) is 27.5 Å². The molecule has 0 saturated carbocycles. The summed E-state index contributed by atoms with van der Waals surface area (Å²) in [5.41, 5.74) is 2.30. The monoisotopic (exact) mass is 283 g/mol. The second kappa shape index (κ2) is 4.81. The van der Waals surface area contributed by atoms with Crippen LogP contribution >= 0.6 is 27.3 Å². The van der Waals surface area contributed by atoms with Crippen molar-refractivity contribution in [3.05, 3.63) is 38.5 Å². The van der Waals surface area contributed by atoms with E-state index >= 15 is 0 Å². The van der Waals surface area contributed by atoms with E-state index in [9.17, 15) is 0 Å². The van der Waals surface area contributed by atoms with Gasteiger partial charge in [0.1, 0.15) is 5.01 Å². The Hall–Kier alpha value is -0.810. The van der Waals surface area contributed by atoms with Crippen LogP contribution in [0, 0.1) is 0 Å². The van der Waals surface area contributed by atoms with Crippen molar-refractivity contribution in [1.82, 2.24) is 15.2 Å². The summed E-state index contributed by atoms with van der Waals surface area (Å²) >= 11 is 4.84. The molecular formula is C10H10BrN3S. The lowest BCUT2D eigenvalue weighted by Gasteiger charge is -1.98. The first-order chi connectivity index (χ1) is 7.28. The first kappa shape index (κ1) is 10.7. The zero-order valence-corrected chi connectivity index (χ0v) is 10.7. The summed E-state index contributed by atoms with van der Waals surface area (Å²) in [5.74, 6) is 0. The van der Waals surface area contributed by atoms with E-state index in [1.165, 1.54) is 5.56 Å². The lowest BCUT2D eigenvalue weighted by Crippen LogP contribution is -1.92. The van der Waals surface area contributed by atoms with Crippen LogP contribution in [0.15, 0.2) is 22.2 Å². The van der Waals surface area contributed by atoms with E-state index in [2.05, 4.69) is 44.1 Å². The molecule has 0 aromatic carbocycles. The molecule has 0 bridgehead atoms. The molecule has 0 N–H and O–H groups in total. The van der Waals surface area contributed by atoms with Crippen molar-refractivity contribution in [3.63, 3.8) is 0 Å². The van der Waals surface area contributed by atoms with Gasteiger partial charge >= 0.3 is 0 Å². The summed E-state index contributed by atoms with van der Waals surface area (Å²) in [6.45, 7) is 2.12. The number of hydrogen-bond donors (Lipinski definition) is 0. The zero-order chi connectivity index (χ0) is 10.7. The maximum Gasteiger partial charge on any atom is 0.183 e. The zero-order valence-electron chi connectivity index (χ0n) is 8.27. The standard InChI is InChI=1S/C10H10BrN3S/c1-2-7-3-4-8(12-6-7)5-9-13-14-10(11)15-9/h3-4,6H,2,5H2,1H3. The number of nitrogens with zero attached hydrogens (tertiary/aromatic N) is 3. The molecule has 0 amide bonds. The number of hydrogen-bond acceptors (Lipinski definition) is 4. The van der Waals surface area contributed by atoms with Crippen molar-refractivity contribution in [1.29, 1.82) is 0 Å². The molecule has 5 heteroatoms. The molecule has 0 atom stereocenters. The Kier molecular flexibility index (Phi) is 3.43. The lowest BCUT2D eigenvalue weighted by molar-refractivity contribution is 0.961. The Labute approximate surface area is 101 Å². The molecule has 0 aliphatic heterocycles. The van der Waals surface area contributed by atoms with Crippen LogP contribution in [0.5, 0.6) is 0 Å². The van der Waals surface area contributed by atoms with Gasteiger partial charge in [-0.3, -0.25) is 4.98 Å². The van der Waals surface area contributed by atoms with Crippen molar-refractivity contribution in [2.75, 3.05) is 0 Å². The third-order valence-electron chi connectivity index (χ3n) is 2.07. The van der Waals surface area contributed by atoms with Crippen molar-refractivity contribution in [3.8, 4) is 0 Å². The Bertz CT molecular complexity index is 438. The summed E-state index contributed by atoms with van der Waals surface area (Å²) in [6.07, 6.45) is 3.70. The summed E-state index contributed by atoms with van der Waals surface area (Å²) in [5, 5.41) is 8.92. The fourth-order valence-corrected chi connectivity index (χ4v) is 2.45. The summed E-state index contributed by atoms with van der Waals surface area (Å²) in [6, 6.07) is 4.16. The number of aromatic nitrogens is 3. The number of rotatable bonds is 3. The Morgan fingerprint density at radius 3 is 2.73 bits per heavy atom. The average molecular weight is 284 g/mol. The second-order valence-electron chi connectivity index (χ2n) is 3.14. The van der Waals surface area contributed by atoms with Gasteiger partial charge in [-0.25, -0.2) is 0 Å². The van der Waals surface area contributed by atoms with Crippen LogP contribution in [0.2, 0.25) is 0 Å². The first-order valence-corrected chi connectivity index (χ1v) is 6.30. The molecule has 3 nitrogen and oxygen atoms in total. The topological polar surface area (TPSA) is 38.7 Å². The summed E-state index contributed by atoms with van der Waals surface area (Å²) in [4.78, 5) is 4.38. The second-order valence-corrected chi connectivity index (χ2v) is 5.47. The van der Waals surface area contributed by atoms with Gasteiger partial charge in [-0.1, -0.05) is 24.3 Å². The molecule has 78 valence electrons. The first-order valence-electron chi connectivity index (χ1n) is 4.69. The SMILES string of the molecule is CCc1ccc(Cc2nnc(Br)s2)nc1. The van der Waals surface area contributed by atoms with Crippen LogP contribution in [-0.4, -0.2) is 15.2 Å². The van der Waals surface area contributed by atoms with Crippen molar-refractivity contribution >= 4 is 27.3 Å². The van der Waals surface area contributed by atoms with Crippen molar-refractivity contribution in [2.45, 2.75) is 19.8 Å². The van der Waals surface area contributed by atoms with Crippen LogP contribution in [0.4, 0.5) is 0 Å². The number of aryl methyl sites for hydroxylation is 1. The van der Waals surface area contributed by atoms with Crippen LogP contribution in [0.1, 0.15) is 23.2 Å². The van der Waals surface area contributed by atoms with Crippen molar-refractivity contribution < 1.29 is 0 Å². The highest BCUT2D eigenvalue weighted by atomic mass is 79.9. The lowest BCUT2D eigenvalue weighted by atomic mass is 10.2. The maximum atomic E-state index is 4.38.